The fourth-order valence-corrected chi connectivity index (χ4v) is 1.74. The SMILES string of the molecule is CCc1ccc(-c2ccnc(OC)c2)cc1O. The highest BCUT2D eigenvalue weighted by Gasteiger charge is 2.04. The summed E-state index contributed by atoms with van der Waals surface area (Å²) < 4.78 is 5.08. The number of ether oxygens (including phenoxy) is 1. The Morgan fingerprint density at radius 3 is 2.59 bits per heavy atom. The van der Waals surface area contributed by atoms with Gasteiger partial charge >= 0.3 is 0 Å². The number of aryl methyl sites for hydroxylation is 1. The highest BCUT2D eigenvalue weighted by Crippen LogP contribution is 2.27. The highest BCUT2D eigenvalue weighted by molar-refractivity contribution is 5.66. The van der Waals surface area contributed by atoms with Crippen molar-refractivity contribution in [2.75, 3.05) is 7.11 Å². The van der Waals surface area contributed by atoms with Gasteiger partial charge in [-0.2, -0.15) is 0 Å². The Kier molecular flexibility index (Phi) is 3.28. The molecule has 0 aliphatic rings. The first-order chi connectivity index (χ1) is 8.24. The van der Waals surface area contributed by atoms with Crippen LogP contribution in [0.4, 0.5) is 0 Å². The molecule has 0 aliphatic carbocycles. The molecule has 1 heterocycles. The lowest BCUT2D eigenvalue weighted by Gasteiger charge is -2.07. The molecule has 1 aromatic carbocycles. The smallest absolute Gasteiger partial charge is 0.213 e. The van der Waals surface area contributed by atoms with E-state index in [4.69, 9.17) is 4.74 Å². The topological polar surface area (TPSA) is 42.4 Å². The fourth-order valence-electron chi connectivity index (χ4n) is 1.74. The van der Waals surface area contributed by atoms with Gasteiger partial charge in [-0.15, -0.1) is 0 Å². The molecule has 0 unspecified atom stereocenters. The lowest BCUT2D eigenvalue weighted by atomic mass is 10.0. The van der Waals surface area contributed by atoms with Gasteiger partial charge in [0.25, 0.3) is 0 Å². The van der Waals surface area contributed by atoms with Gasteiger partial charge in [0.1, 0.15) is 5.75 Å². The lowest BCUT2D eigenvalue weighted by Crippen LogP contribution is -1.88. The van der Waals surface area contributed by atoms with E-state index >= 15 is 0 Å². The van der Waals surface area contributed by atoms with E-state index < -0.39 is 0 Å². The second-order valence-corrected chi connectivity index (χ2v) is 3.78. The monoisotopic (exact) mass is 229 g/mol. The molecule has 1 N–H and O–H groups in total. The van der Waals surface area contributed by atoms with Crippen molar-refractivity contribution >= 4 is 0 Å². The molecule has 2 rings (SSSR count). The van der Waals surface area contributed by atoms with Crippen molar-refractivity contribution in [3.05, 3.63) is 42.1 Å². The number of rotatable bonds is 3. The molecule has 3 heteroatoms. The number of methoxy groups -OCH3 is 1. The first-order valence-corrected chi connectivity index (χ1v) is 5.57. The number of pyridine rings is 1. The molecule has 2 aromatic rings. The predicted molar refractivity (Wildman–Crippen MR) is 67.3 cm³/mol. The predicted octanol–water partition coefficient (Wildman–Crippen LogP) is 3.03. The van der Waals surface area contributed by atoms with Crippen LogP contribution in [0.5, 0.6) is 11.6 Å². The zero-order valence-electron chi connectivity index (χ0n) is 9.97. The normalized spacial score (nSPS) is 10.2. The minimum absolute atomic E-state index is 0.334. The molecule has 0 fully saturated rings. The molecule has 0 spiro atoms. The number of aromatic nitrogens is 1. The molecule has 0 atom stereocenters. The van der Waals surface area contributed by atoms with Gasteiger partial charge in [0.05, 0.1) is 7.11 Å². The first-order valence-electron chi connectivity index (χ1n) is 5.57. The van der Waals surface area contributed by atoms with E-state index in [0.29, 0.717) is 11.6 Å². The van der Waals surface area contributed by atoms with E-state index in [9.17, 15) is 5.11 Å². The summed E-state index contributed by atoms with van der Waals surface area (Å²) in [5, 5.41) is 9.83. The van der Waals surface area contributed by atoms with Crippen molar-refractivity contribution < 1.29 is 9.84 Å². The standard InChI is InChI=1S/C14H15NO2/c1-3-10-4-5-11(8-13(10)16)12-6-7-15-14(9-12)17-2/h4-9,16H,3H2,1-2H3. The van der Waals surface area contributed by atoms with Crippen LogP contribution in [0.3, 0.4) is 0 Å². The third-order valence-electron chi connectivity index (χ3n) is 2.74. The molecule has 3 nitrogen and oxygen atoms in total. The van der Waals surface area contributed by atoms with Crippen LogP contribution in [0.1, 0.15) is 12.5 Å². The molecular formula is C14H15NO2. The number of hydrogen-bond acceptors (Lipinski definition) is 3. The van der Waals surface area contributed by atoms with Crippen molar-refractivity contribution in [2.24, 2.45) is 0 Å². The number of phenols is 1. The van der Waals surface area contributed by atoms with Crippen LogP contribution in [-0.4, -0.2) is 17.2 Å². The fraction of sp³-hybridized carbons (Fsp3) is 0.214. The Hall–Kier alpha value is -2.03. The van der Waals surface area contributed by atoms with E-state index in [0.717, 1.165) is 23.1 Å². The average Bonchev–Trinajstić information content (AvgIpc) is 2.38. The van der Waals surface area contributed by atoms with Gasteiger partial charge in [-0.05, 0) is 35.2 Å². The highest BCUT2D eigenvalue weighted by atomic mass is 16.5. The van der Waals surface area contributed by atoms with E-state index in [1.165, 1.54) is 0 Å². The molecule has 0 aliphatic heterocycles. The maximum atomic E-state index is 9.83. The summed E-state index contributed by atoms with van der Waals surface area (Å²) in [5.41, 5.74) is 2.89. The third-order valence-corrected chi connectivity index (χ3v) is 2.74. The average molecular weight is 229 g/mol. The van der Waals surface area contributed by atoms with Gasteiger partial charge in [0.15, 0.2) is 0 Å². The Morgan fingerprint density at radius 2 is 1.94 bits per heavy atom. The maximum Gasteiger partial charge on any atom is 0.213 e. The van der Waals surface area contributed by atoms with Crippen LogP contribution >= 0.6 is 0 Å². The maximum absolute atomic E-state index is 9.83. The lowest BCUT2D eigenvalue weighted by molar-refractivity contribution is 0.398. The molecule has 0 amide bonds. The van der Waals surface area contributed by atoms with Gasteiger partial charge < -0.3 is 9.84 Å². The number of phenolic OH excluding ortho intramolecular Hbond substituents is 1. The van der Waals surface area contributed by atoms with Crippen molar-refractivity contribution in [3.8, 4) is 22.8 Å². The summed E-state index contributed by atoms with van der Waals surface area (Å²) in [6, 6.07) is 9.45. The van der Waals surface area contributed by atoms with Gasteiger partial charge in [-0.1, -0.05) is 19.1 Å². The van der Waals surface area contributed by atoms with Crippen LogP contribution < -0.4 is 4.74 Å². The van der Waals surface area contributed by atoms with Crippen molar-refractivity contribution in [2.45, 2.75) is 13.3 Å². The van der Waals surface area contributed by atoms with Crippen LogP contribution in [0.15, 0.2) is 36.5 Å². The van der Waals surface area contributed by atoms with E-state index in [2.05, 4.69) is 4.98 Å². The second kappa shape index (κ2) is 4.87. The van der Waals surface area contributed by atoms with Crippen LogP contribution in [0.2, 0.25) is 0 Å². The minimum Gasteiger partial charge on any atom is -0.508 e. The van der Waals surface area contributed by atoms with Crippen LogP contribution in [-0.2, 0) is 6.42 Å². The Balaban J connectivity index is 2.42. The van der Waals surface area contributed by atoms with E-state index in [1.807, 2.05) is 31.2 Å². The van der Waals surface area contributed by atoms with Crippen molar-refractivity contribution in [3.63, 3.8) is 0 Å². The van der Waals surface area contributed by atoms with Gasteiger partial charge in [-0.25, -0.2) is 4.98 Å². The number of nitrogens with zero attached hydrogens (tertiary/aromatic N) is 1. The van der Waals surface area contributed by atoms with Crippen LogP contribution in [0.25, 0.3) is 11.1 Å². The molecule has 0 bridgehead atoms. The molecule has 0 radical (unpaired) electrons. The van der Waals surface area contributed by atoms with E-state index in [-0.39, 0.29) is 0 Å². The summed E-state index contributed by atoms with van der Waals surface area (Å²) in [7, 11) is 1.59. The second-order valence-electron chi connectivity index (χ2n) is 3.78. The summed E-state index contributed by atoms with van der Waals surface area (Å²) in [4.78, 5) is 4.05. The van der Waals surface area contributed by atoms with Crippen LogP contribution in [0, 0.1) is 0 Å². The zero-order valence-corrected chi connectivity index (χ0v) is 9.97. The first kappa shape index (κ1) is 11.5. The Labute approximate surface area is 101 Å². The summed E-state index contributed by atoms with van der Waals surface area (Å²) in [5.74, 6) is 0.905. The number of hydrogen-bond donors (Lipinski definition) is 1. The molecule has 17 heavy (non-hydrogen) atoms. The largest absolute Gasteiger partial charge is 0.508 e. The zero-order chi connectivity index (χ0) is 12.3. The molecular weight excluding hydrogens is 214 g/mol. The summed E-state index contributed by atoms with van der Waals surface area (Å²) in [6.07, 6.45) is 2.52. The molecule has 1 aromatic heterocycles. The van der Waals surface area contributed by atoms with Gasteiger partial charge in [0.2, 0.25) is 5.88 Å². The quantitative estimate of drug-likeness (QED) is 0.879. The van der Waals surface area contributed by atoms with E-state index in [1.54, 1.807) is 19.4 Å². The van der Waals surface area contributed by atoms with Crippen molar-refractivity contribution in [1.29, 1.82) is 0 Å². The summed E-state index contributed by atoms with van der Waals surface area (Å²) >= 11 is 0. The number of aromatic hydroxyl groups is 1. The van der Waals surface area contributed by atoms with Gasteiger partial charge in [-0.3, -0.25) is 0 Å². The Bertz CT molecular complexity index is 523. The van der Waals surface area contributed by atoms with Gasteiger partial charge in [0, 0.05) is 12.3 Å². The minimum atomic E-state index is 0.334. The van der Waals surface area contributed by atoms with Crippen molar-refractivity contribution in [1.82, 2.24) is 4.98 Å². The third kappa shape index (κ3) is 2.38. The molecule has 0 saturated carbocycles. The molecule has 0 saturated heterocycles. The number of benzene rings is 1. The Morgan fingerprint density at radius 1 is 1.18 bits per heavy atom. The molecule has 88 valence electrons. The summed E-state index contributed by atoms with van der Waals surface area (Å²) in [6.45, 7) is 2.02.